The third-order valence-corrected chi connectivity index (χ3v) is 4.28. The first-order valence-corrected chi connectivity index (χ1v) is 7.36. The lowest BCUT2D eigenvalue weighted by molar-refractivity contribution is 0.282. The third-order valence-electron chi connectivity index (χ3n) is 3.04. The van der Waals surface area contributed by atoms with E-state index in [1.807, 2.05) is 26.1 Å². The highest BCUT2D eigenvalue weighted by Crippen LogP contribution is 2.17. The second kappa shape index (κ2) is 4.27. The molecule has 1 aromatic rings. The monoisotopic (exact) mass is 255 g/mol. The van der Waals surface area contributed by atoms with E-state index in [4.69, 9.17) is 0 Å². The van der Waals surface area contributed by atoms with E-state index in [0.29, 0.717) is 13.1 Å². The summed E-state index contributed by atoms with van der Waals surface area (Å²) < 4.78 is 23.8. The van der Waals surface area contributed by atoms with Crippen LogP contribution in [-0.2, 0) is 10.0 Å². The predicted molar refractivity (Wildman–Crippen MR) is 67.5 cm³/mol. The Labute approximate surface area is 102 Å². The van der Waals surface area contributed by atoms with Crippen LogP contribution in [0.15, 0.2) is 12.3 Å². The molecule has 0 saturated carbocycles. The summed E-state index contributed by atoms with van der Waals surface area (Å²) in [6, 6.07) is 2.15. The molecule has 2 heterocycles. The Hall–Kier alpha value is -1.14. The van der Waals surface area contributed by atoms with E-state index in [9.17, 15) is 8.42 Å². The number of aryl methyl sites for hydroxylation is 2. The Morgan fingerprint density at radius 1 is 1.35 bits per heavy atom. The van der Waals surface area contributed by atoms with Gasteiger partial charge >= 0.3 is 0 Å². The van der Waals surface area contributed by atoms with Crippen LogP contribution in [-0.4, -0.2) is 43.1 Å². The van der Waals surface area contributed by atoms with Crippen LogP contribution >= 0.6 is 0 Å². The molecule has 1 fully saturated rings. The molecule has 0 aliphatic carbocycles. The maximum atomic E-state index is 11.2. The first kappa shape index (κ1) is 12.3. The van der Waals surface area contributed by atoms with E-state index >= 15 is 0 Å². The van der Waals surface area contributed by atoms with Crippen molar-refractivity contribution in [3.8, 4) is 0 Å². The third kappa shape index (κ3) is 2.76. The lowest BCUT2D eigenvalue weighted by atomic mass is 10.1. The molecule has 0 amide bonds. The predicted octanol–water partition coefficient (Wildman–Crippen LogP) is 0.754. The molecule has 0 spiro atoms. The van der Waals surface area contributed by atoms with Crippen molar-refractivity contribution < 1.29 is 8.42 Å². The summed E-state index contributed by atoms with van der Waals surface area (Å²) in [5, 5.41) is 3.23. The minimum absolute atomic E-state index is 0.166. The summed E-state index contributed by atoms with van der Waals surface area (Å²) in [6.45, 7) is 5.09. The van der Waals surface area contributed by atoms with Gasteiger partial charge in [-0.2, -0.15) is 4.31 Å². The molecule has 0 atom stereocenters. The molecule has 17 heavy (non-hydrogen) atoms. The number of sulfonamides is 1. The zero-order chi connectivity index (χ0) is 12.6. The van der Waals surface area contributed by atoms with Crippen molar-refractivity contribution in [1.29, 1.82) is 0 Å². The van der Waals surface area contributed by atoms with E-state index < -0.39 is 10.0 Å². The maximum absolute atomic E-state index is 11.2. The fraction of sp³-hybridized carbons (Fsp3) is 0.545. The van der Waals surface area contributed by atoms with Gasteiger partial charge < -0.3 is 5.32 Å². The molecule has 0 bridgehead atoms. The molecule has 5 nitrogen and oxygen atoms in total. The molecule has 94 valence electrons. The average molecular weight is 255 g/mol. The van der Waals surface area contributed by atoms with Crippen molar-refractivity contribution in [1.82, 2.24) is 9.29 Å². The van der Waals surface area contributed by atoms with Crippen molar-refractivity contribution in [2.24, 2.45) is 0 Å². The van der Waals surface area contributed by atoms with Crippen LogP contribution in [0.3, 0.4) is 0 Å². The summed E-state index contributed by atoms with van der Waals surface area (Å²) in [7, 11) is -3.03. The highest BCUT2D eigenvalue weighted by Gasteiger charge is 2.33. The highest BCUT2D eigenvalue weighted by atomic mass is 32.2. The van der Waals surface area contributed by atoms with Crippen LogP contribution in [0.5, 0.6) is 0 Å². The summed E-state index contributed by atoms with van der Waals surface area (Å²) in [5.41, 5.74) is 2.34. The molecular weight excluding hydrogens is 238 g/mol. The van der Waals surface area contributed by atoms with Gasteiger partial charge in [-0.15, -0.1) is 0 Å². The summed E-state index contributed by atoms with van der Waals surface area (Å²) in [4.78, 5) is 4.27. The molecular formula is C11H17N3O2S. The summed E-state index contributed by atoms with van der Waals surface area (Å²) in [6.07, 6.45) is 3.06. The van der Waals surface area contributed by atoms with Gasteiger partial charge in [0.15, 0.2) is 0 Å². The number of aromatic nitrogens is 1. The zero-order valence-electron chi connectivity index (χ0n) is 10.3. The van der Waals surface area contributed by atoms with Gasteiger partial charge in [-0.05, 0) is 31.0 Å². The van der Waals surface area contributed by atoms with Gasteiger partial charge in [0, 0.05) is 19.3 Å². The van der Waals surface area contributed by atoms with Gasteiger partial charge in [0.25, 0.3) is 0 Å². The lowest BCUT2D eigenvalue weighted by Gasteiger charge is -2.37. The maximum Gasteiger partial charge on any atom is 0.211 e. The van der Waals surface area contributed by atoms with Crippen molar-refractivity contribution in [2.75, 3.05) is 24.7 Å². The Balaban J connectivity index is 1.94. The van der Waals surface area contributed by atoms with Crippen LogP contribution in [0, 0.1) is 13.8 Å². The van der Waals surface area contributed by atoms with Crippen LogP contribution < -0.4 is 5.32 Å². The van der Waals surface area contributed by atoms with Crippen molar-refractivity contribution in [2.45, 2.75) is 19.9 Å². The summed E-state index contributed by atoms with van der Waals surface area (Å²) in [5.74, 6) is 0.811. The minimum atomic E-state index is -3.03. The Kier molecular flexibility index (Phi) is 3.09. The molecule has 1 aromatic heterocycles. The van der Waals surface area contributed by atoms with Crippen LogP contribution in [0.1, 0.15) is 11.1 Å². The van der Waals surface area contributed by atoms with Crippen molar-refractivity contribution in [3.63, 3.8) is 0 Å². The second-order valence-corrected chi connectivity index (χ2v) is 6.56. The number of nitrogens with zero attached hydrogens (tertiary/aromatic N) is 2. The molecule has 0 radical (unpaired) electrons. The Bertz CT molecular complexity index is 522. The molecule has 1 aliphatic rings. The van der Waals surface area contributed by atoms with Crippen molar-refractivity contribution >= 4 is 15.8 Å². The highest BCUT2D eigenvalue weighted by molar-refractivity contribution is 7.88. The standard InChI is InChI=1S/C11H17N3O2S/c1-8-4-11(12-5-9(8)2)13-10-6-14(7-10)17(3,15)16/h4-5,10H,6-7H2,1-3H3,(H,12,13). The topological polar surface area (TPSA) is 62.3 Å². The molecule has 1 saturated heterocycles. The molecule has 2 rings (SSSR count). The van der Waals surface area contributed by atoms with Crippen LogP contribution in [0.4, 0.5) is 5.82 Å². The number of nitrogens with one attached hydrogen (secondary N) is 1. The molecule has 6 heteroatoms. The lowest BCUT2D eigenvalue weighted by Crippen LogP contribution is -2.56. The fourth-order valence-electron chi connectivity index (χ4n) is 1.71. The van der Waals surface area contributed by atoms with Gasteiger partial charge in [-0.25, -0.2) is 13.4 Å². The number of hydrogen-bond donors (Lipinski definition) is 1. The quantitative estimate of drug-likeness (QED) is 0.866. The van der Waals surface area contributed by atoms with Gasteiger partial charge in [0.1, 0.15) is 5.82 Å². The van der Waals surface area contributed by atoms with E-state index in [1.54, 1.807) is 0 Å². The fourth-order valence-corrected chi connectivity index (χ4v) is 2.61. The average Bonchev–Trinajstić information content (AvgIpc) is 2.14. The second-order valence-electron chi connectivity index (χ2n) is 4.58. The van der Waals surface area contributed by atoms with E-state index in [2.05, 4.69) is 10.3 Å². The zero-order valence-corrected chi connectivity index (χ0v) is 11.1. The van der Waals surface area contributed by atoms with Gasteiger partial charge in [0.05, 0.1) is 12.3 Å². The Morgan fingerprint density at radius 2 is 2.00 bits per heavy atom. The van der Waals surface area contributed by atoms with E-state index in [1.165, 1.54) is 16.1 Å². The summed E-state index contributed by atoms with van der Waals surface area (Å²) >= 11 is 0. The normalized spacial score (nSPS) is 17.8. The molecule has 1 aliphatic heterocycles. The Morgan fingerprint density at radius 3 is 2.53 bits per heavy atom. The van der Waals surface area contributed by atoms with Gasteiger partial charge in [-0.3, -0.25) is 0 Å². The van der Waals surface area contributed by atoms with Crippen molar-refractivity contribution in [3.05, 3.63) is 23.4 Å². The molecule has 1 N–H and O–H groups in total. The van der Waals surface area contributed by atoms with Crippen LogP contribution in [0.2, 0.25) is 0 Å². The first-order chi connectivity index (χ1) is 7.86. The minimum Gasteiger partial charge on any atom is -0.365 e. The molecule has 0 aromatic carbocycles. The number of hydrogen-bond acceptors (Lipinski definition) is 4. The largest absolute Gasteiger partial charge is 0.365 e. The van der Waals surface area contributed by atoms with Crippen LogP contribution in [0.25, 0.3) is 0 Å². The number of anilines is 1. The van der Waals surface area contributed by atoms with E-state index in [0.717, 1.165) is 11.4 Å². The van der Waals surface area contributed by atoms with E-state index in [-0.39, 0.29) is 6.04 Å². The number of rotatable bonds is 3. The first-order valence-electron chi connectivity index (χ1n) is 5.51. The SMILES string of the molecule is Cc1cnc(NC2CN(S(C)(=O)=O)C2)cc1C. The number of pyridine rings is 1. The van der Waals surface area contributed by atoms with Gasteiger partial charge in [0.2, 0.25) is 10.0 Å². The smallest absolute Gasteiger partial charge is 0.211 e. The van der Waals surface area contributed by atoms with Gasteiger partial charge in [-0.1, -0.05) is 0 Å². The molecule has 0 unspecified atom stereocenters.